The van der Waals surface area contributed by atoms with E-state index in [1.54, 1.807) is 18.4 Å². The molecule has 0 bridgehead atoms. The van der Waals surface area contributed by atoms with E-state index in [0.29, 0.717) is 12.5 Å². The average Bonchev–Trinajstić information content (AvgIpc) is 3.00. The second-order valence-electron chi connectivity index (χ2n) is 5.53. The largest absolute Gasteiger partial charge is 0.356 e. The van der Waals surface area contributed by atoms with Gasteiger partial charge in [-0.2, -0.15) is 0 Å². The Labute approximate surface area is 136 Å². The Morgan fingerprint density at radius 3 is 2.68 bits per heavy atom. The molecule has 0 amide bonds. The normalized spacial score (nSPS) is 11.7. The van der Waals surface area contributed by atoms with Gasteiger partial charge in [-0.15, -0.1) is 11.3 Å². The summed E-state index contributed by atoms with van der Waals surface area (Å²) in [5.41, 5.74) is 2.19. The summed E-state index contributed by atoms with van der Waals surface area (Å²) in [6, 6.07) is 10.3. The van der Waals surface area contributed by atoms with Gasteiger partial charge in [-0.3, -0.25) is 4.99 Å². The van der Waals surface area contributed by atoms with Crippen molar-refractivity contribution in [1.82, 2.24) is 15.6 Å². The van der Waals surface area contributed by atoms with Crippen LogP contribution >= 0.6 is 11.3 Å². The third-order valence-corrected chi connectivity index (χ3v) is 4.11. The van der Waals surface area contributed by atoms with Crippen LogP contribution in [0.4, 0.5) is 0 Å². The van der Waals surface area contributed by atoms with Gasteiger partial charge < -0.3 is 10.6 Å². The Balaban J connectivity index is 1.85. The molecule has 0 aliphatic carbocycles. The Kier molecular flexibility index (Phi) is 6.40. The molecule has 118 valence electrons. The first-order chi connectivity index (χ1) is 10.7. The number of guanidine groups is 1. The molecule has 0 unspecified atom stereocenters. The Hall–Kier alpha value is -1.88. The van der Waals surface area contributed by atoms with E-state index in [1.165, 1.54) is 0 Å². The van der Waals surface area contributed by atoms with Gasteiger partial charge in [-0.25, -0.2) is 4.98 Å². The van der Waals surface area contributed by atoms with Crippen LogP contribution in [0.3, 0.4) is 0 Å². The number of aromatic nitrogens is 1. The molecule has 2 aromatic rings. The van der Waals surface area contributed by atoms with Gasteiger partial charge in [-0.1, -0.05) is 44.2 Å². The monoisotopic (exact) mass is 316 g/mol. The van der Waals surface area contributed by atoms with Crippen molar-refractivity contribution in [2.24, 2.45) is 10.9 Å². The van der Waals surface area contributed by atoms with Crippen LogP contribution in [-0.4, -0.2) is 24.5 Å². The van der Waals surface area contributed by atoms with Crippen molar-refractivity contribution >= 4 is 17.3 Å². The molecule has 0 fully saturated rings. The second kappa shape index (κ2) is 8.54. The highest BCUT2D eigenvalue weighted by Gasteiger charge is 2.05. The lowest BCUT2D eigenvalue weighted by molar-refractivity contribution is 0.573. The molecule has 0 aliphatic rings. The van der Waals surface area contributed by atoms with E-state index in [4.69, 9.17) is 0 Å². The molecule has 0 spiro atoms. The Morgan fingerprint density at radius 2 is 2.00 bits per heavy atom. The molecule has 2 rings (SSSR count). The maximum Gasteiger partial charge on any atom is 0.191 e. The van der Waals surface area contributed by atoms with E-state index >= 15 is 0 Å². The number of hydrogen-bond donors (Lipinski definition) is 2. The first-order valence-electron chi connectivity index (χ1n) is 7.63. The summed E-state index contributed by atoms with van der Waals surface area (Å²) >= 11 is 1.67. The quantitative estimate of drug-likeness (QED) is 0.633. The predicted molar refractivity (Wildman–Crippen MR) is 95.2 cm³/mol. The fraction of sp³-hybridized carbons (Fsp3) is 0.412. The minimum absolute atomic E-state index is 0.693. The smallest absolute Gasteiger partial charge is 0.191 e. The molecular formula is C17H24N4S. The minimum atomic E-state index is 0.693. The standard InChI is InChI=1S/C17H24N4S/c1-13(2)9-10-19-17(18-3)20-11-16-21-15(12-22-16)14-7-5-4-6-8-14/h4-8,12-13H,9-11H2,1-3H3,(H2,18,19,20). The zero-order chi connectivity index (χ0) is 15.8. The van der Waals surface area contributed by atoms with E-state index in [-0.39, 0.29) is 0 Å². The third kappa shape index (κ3) is 5.15. The molecule has 5 heteroatoms. The number of nitrogens with zero attached hydrogens (tertiary/aromatic N) is 2. The van der Waals surface area contributed by atoms with Gasteiger partial charge in [0.05, 0.1) is 12.2 Å². The summed E-state index contributed by atoms with van der Waals surface area (Å²) in [5.74, 6) is 1.52. The van der Waals surface area contributed by atoms with Crippen molar-refractivity contribution in [3.05, 3.63) is 40.7 Å². The van der Waals surface area contributed by atoms with Gasteiger partial charge in [-0.05, 0) is 12.3 Å². The second-order valence-corrected chi connectivity index (χ2v) is 6.47. The zero-order valence-corrected chi connectivity index (χ0v) is 14.3. The number of benzene rings is 1. The number of nitrogens with one attached hydrogen (secondary N) is 2. The molecule has 0 radical (unpaired) electrons. The van der Waals surface area contributed by atoms with Gasteiger partial charge in [0.1, 0.15) is 5.01 Å². The van der Waals surface area contributed by atoms with Crippen LogP contribution in [0.5, 0.6) is 0 Å². The summed E-state index contributed by atoms with van der Waals surface area (Å²) in [6.45, 7) is 6.07. The van der Waals surface area contributed by atoms with Crippen molar-refractivity contribution < 1.29 is 0 Å². The number of thiazole rings is 1. The van der Waals surface area contributed by atoms with Crippen LogP contribution in [0.1, 0.15) is 25.3 Å². The molecule has 0 atom stereocenters. The number of hydrogen-bond acceptors (Lipinski definition) is 3. The lowest BCUT2D eigenvalue weighted by Crippen LogP contribution is -2.37. The van der Waals surface area contributed by atoms with Crippen LogP contribution in [0.25, 0.3) is 11.3 Å². The maximum atomic E-state index is 4.67. The van der Waals surface area contributed by atoms with Crippen LogP contribution in [-0.2, 0) is 6.54 Å². The lowest BCUT2D eigenvalue weighted by atomic mass is 10.1. The summed E-state index contributed by atoms with van der Waals surface area (Å²) in [4.78, 5) is 8.90. The SMILES string of the molecule is CN=C(NCCC(C)C)NCc1nc(-c2ccccc2)cs1. The zero-order valence-electron chi connectivity index (χ0n) is 13.5. The number of rotatable bonds is 6. The highest BCUT2D eigenvalue weighted by molar-refractivity contribution is 7.09. The molecule has 1 aromatic carbocycles. The van der Waals surface area contributed by atoms with E-state index < -0.39 is 0 Å². The number of aliphatic imine (C=N–C) groups is 1. The molecule has 2 N–H and O–H groups in total. The summed E-state index contributed by atoms with van der Waals surface area (Å²) in [7, 11) is 1.79. The Morgan fingerprint density at radius 1 is 1.23 bits per heavy atom. The molecule has 0 saturated carbocycles. The summed E-state index contributed by atoms with van der Waals surface area (Å²) in [6.07, 6.45) is 1.14. The van der Waals surface area contributed by atoms with Crippen molar-refractivity contribution in [2.75, 3.05) is 13.6 Å². The van der Waals surface area contributed by atoms with Crippen molar-refractivity contribution in [3.8, 4) is 11.3 Å². The van der Waals surface area contributed by atoms with E-state index in [1.807, 2.05) is 18.2 Å². The predicted octanol–water partition coefficient (Wildman–Crippen LogP) is 3.52. The van der Waals surface area contributed by atoms with Crippen LogP contribution in [0.15, 0.2) is 40.7 Å². The molecule has 1 heterocycles. The minimum Gasteiger partial charge on any atom is -0.356 e. The van der Waals surface area contributed by atoms with Crippen LogP contribution in [0.2, 0.25) is 0 Å². The lowest BCUT2D eigenvalue weighted by Gasteiger charge is -2.11. The summed E-state index contributed by atoms with van der Waals surface area (Å²) in [5, 5.41) is 9.80. The van der Waals surface area contributed by atoms with Gasteiger partial charge >= 0.3 is 0 Å². The molecule has 1 aromatic heterocycles. The first kappa shape index (κ1) is 16.5. The molecular weight excluding hydrogens is 292 g/mol. The molecule has 22 heavy (non-hydrogen) atoms. The highest BCUT2D eigenvalue weighted by atomic mass is 32.1. The van der Waals surface area contributed by atoms with Gasteiger partial charge in [0.15, 0.2) is 5.96 Å². The van der Waals surface area contributed by atoms with E-state index in [2.05, 4.69) is 52.0 Å². The van der Waals surface area contributed by atoms with Crippen LogP contribution < -0.4 is 10.6 Å². The van der Waals surface area contributed by atoms with Crippen molar-refractivity contribution in [2.45, 2.75) is 26.8 Å². The molecule has 0 saturated heterocycles. The fourth-order valence-electron chi connectivity index (χ4n) is 1.99. The maximum absolute atomic E-state index is 4.67. The van der Waals surface area contributed by atoms with Crippen molar-refractivity contribution in [1.29, 1.82) is 0 Å². The van der Waals surface area contributed by atoms with Crippen molar-refractivity contribution in [3.63, 3.8) is 0 Å². The van der Waals surface area contributed by atoms with Crippen LogP contribution in [0, 0.1) is 5.92 Å². The fourth-order valence-corrected chi connectivity index (χ4v) is 2.74. The third-order valence-electron chi connectivity index (χ3n) is 3.27. The molecule has 0 aliphatic heterocycles. The van der Waals surface area contributed by atoms with Gasteiger partial charge in [0.2, 0.25) is 0 Å². The Bertz CT molecular complexity index is 590. The van der Waals surface area contributed by atoms with E-state index in [9.17, 15) is 0 Å². The highest BCUT2D eigenvalue weighted by Crippen LogP contribution is 2.21. The average molecular weight is 316 g/mol. The topological polar surface area (TPSA) is 49.3 Å². The van der Waals surface area contributed by atoms with Gasteiger partial charge in [0, 0.05) is 24.5 Å². The van der Waals surface area contributed by atoms with E-state index in [0.717, 1.165) is 35.2 Å². The van der Waals surface area contributed by atoms with Gasteiger partial charge in [0.25, 0.3) is 0 Å². The molecule has 4 nitrogen and oxygen atoms in total. The summed E-state index contributed by atoms with van der Waals surface area (Å²) < 4.78 is 0. The first-order valence-corrected chi connectivity index (χ1v) is 8.51.